The van der Waals surface area contributed by atoms with Crippen molar-refractivity contribution in [3.63, 3.8) is 0 Å². The van der Waals surface area contributed by atoms with Gasteiger partial charge in [0.2, 0.25) is 0 Å². The number of nitrogens with zero attached hydrogens (tertiary/aromatic N) is 4. The van der Waals surface area contributed by atoms with E-state index in [0.29, 0.717) is 17.9 Å². The number of nitrogens with one attached hydrogen (secondary N) is 1. The third kappa shape index (κ3) is 5.03. The number of hydrogen-bond acceptors (Lipinski definition) is 7. The van der Waals surface area contributed by atoms with Crippen LogP contribution in [0.2, 0.25) is 0 Å². The Bertz CT molecular complexity index is 1850. The maximum atomic E-state index is 15.5. The van der Waals surface area contributed by atoms with Crippen molar-refractivity contribution in [2.45, 2.75) is 27.3 Å². The van der Waals surface area contributed by atoms with Gasteiger partial charge in [0.1, 0.15) is 11.5 Å². The normalized spacial score (nSPS) is 14.0. The van der Waals surface area contributed by atoms with Gasteiger partial charge < -0.3 is 19.4 Å². The van der Waals surface area contributed by atoms with Crippen LogP contribution in [0.25, 0.3) is 17.0 Å². The number of carboxylic acid groups (broad SMARTS) is 1. The van der Waals surface area contributed by atoms with E-state index in [1.54, 1.807) is 13.0 Å². The maximum absolute atomic E-state index is 15.5. The van der Waals surface area contributed by atoms with Crippen molar-refractivity contribution in [1.82, 2.24) is 9.58 Å². The minimum Gasteiger partial charge on any atom is -0.545 e. The average Bonchev–Trinajstić information content (AvgIpc) is 3.23. The van der Waals surface area contributed by atoms with Gasteiger partial charge in [0.15, 0.2) is 11.3 Å². The predicted octanol–water partition coefficient (Wildman–Crippen LogP) is 3.86. The van der Waals surface area contributed by atoms with Gasteiger partial charge in [-0.1, -0.05) is 30.3 Å². The highest BCUT2D eigenvalue weighted by Gasteiger charge is 2.34. The van der Waals surface area contributed by atoms with E-state index in [1.165, 1.54) is 21.8 Å². The lowest BCUT2D eigenvalue weighted by atomic mass is 10.0. The number of hydrazine groups is 1. The summed E-state index contributed by atoms with van der Waals surface area (Å²) in [5.41, 5.74) is 6.08. The molecule has 5 rings (SSSR count). The number of carbonyl (C=O) groups is 2. The Morgan fingerprint density at radius 3 is 2.33 bits per heavy atom. The van der Waals surface area contributed by atoms with Gasteiger partial charge in [-0.05, 0) is 67.8 Å². The van der Waals surface area contributed by atoms with Crippen LogP contribution in [0.1, 0.15) is 39.5 Å². The molecule has 0 spiro atoms. The summed E-state index contributed by atoms with van der Waals surface area (Å²) >= 11 is 0. The molecule has 2 heterocycles. The van der Waals surface area contributed by atoms with Crippen molar-refractivity contribution in [2.24, 2.45) is 4.99 Å². The maximum Gasteiger partial charge on any atom is 0.297 e. The van der Waals surface area contributed by atoms with Gasteiger partial charge >= 0.3 is 0 Å². The fraction of sp³-hybridized carbons (Fsp3) is 0.188. The van der Waals surface area contributed by atoms with E-state index in [2.05, 4.69) is 5.43 Å². The number of hydrogen-bond donors (Lipinski definition) is 1. The number of aryl methyl sites for hydroxylation is 3. The van der Waals surface area contributed by atoms with Gasteiger partial charge in [0.25, 0.3) is 5.91 Å². The standard InChI is InChI=1S/C32H30FN5O4/c1-6-37-17-23(32(41)42)29(39)22-15-24(33)25(16-27(22)37)35-38-30(28-18(2)8-7-9-19(28)3)34-26(31(38)40)14-20-10-12-21(13-11-20)36(4)5/h7-17,35H,6H2,1-5H3,(H,41,42)/p-1/b26-14+. The molecule has 0 saturated carbocycles. The molecule has 1 aromatic heterocycles. The Labute approximate surface area is 241 Å². The number of halogens is 1. The molecule has 1 aliphatic rings. The summed E-state index contributed by atoms with van der Waals surface area (Å²) in [6, 6.07) is 15.7. The highest BCUT2D eigenvalue weighted by atomic mass is 19.1. The molecule has 0 aliphatic carbocycles. The number of amidine groups is 1. The van der Waals surface area contributed by atoms with Crippen molar-refractivity contribution in [1.29, 1.82) is 0 Å². The highest BCUT2D eigenvalue weighted by Crippen LogP contribution is 2.29. The summed E-state index contributed by atoms with van der Waals surface area (Å²) in [6.07, 6.45) is 2.85. The summed E-state index contributed by atoms with van der Waals surface area (Å²) < 4.78 is 17.0. The first-order chi connectivity index (χ1) is 20.0. The average molecular weight is 567 g/mol. The fourth-order valence-electron chi connectivity index (χ4n) is 5.01. The number of benzene rings is 3. The first kappa shape index (κ1) is 28.3. The molecule has 0 atom stereocenters. The summed E-state index contributed by atoms with van der Waals surface area (Å²) in [6.45, 7) is 5.87. The third-order valence-electron chi connectivity index (χ3n) is 7.24. The summed E-state index contributed by atoms with van der Waals surface area (Å²) in [5.74, 6) is -2.68. The zero-order valence-electron chi connectivity index (χ0n) is 23.9. The van der Waals surface area contributed by atoms with Crippen molar-refractivity contribution in [2.75, 3.05) is 24.4 Å². The molecule has 1 aliphatic heterocycles. The van der Waals surface area contributed by atoms with E-state index in [1.807, 2.05) is 75.3 Å². The zero-order chi connectivity index (χ0) is 30.3. The lowest BCUT2D eigenvalue weighted by Crippen LogP contribution is -2.39. The summed E-state index contributed by atoms with van der Waals surface area (Å²) in [5, 5.41) is 12.6. The van der Waals surface area contributed by atoms with Crippen molar-refractivity contribution in [3.8, 4) is 0 Å². The molecular weight excluding hydrogens is 537 g/mol. The van der Waals surface area contributed by atoms with Crippen LogP contribution < -0.4 is 20.9 Å². The molecule has 214 valence electrons. The second kappa shape index (κ2) is 11.0. The molecule has 0 fully saturated rings. The molecule has 1 amide bonds. The Morgan fingerprint density at radius 1 is 1.07 bits per heavy atom. The van der Waals surface area contributed by atoms with E-state index in [0.717, 1.165) is 34.0 Å². The number of fused-ring (bicyclic) bond motifs is 1. The van der Waals surface area contributed by atoms with Crippen LogP contribution in [0, 0.1) is 19.7 Å². The van der Waals surface area contributed by atoms with E-state index in [4.69, 9.17) is 4.99 Å². The summed E-state index contributed by atoms with van der Waals surface area (Å²) in [7, 11) is 3.87. The van der Waals surface area contributed by atoms with Crippen LogP contribution in [0.15, 0.2) is 76.3 Å². The molecule has 9 nitrogen and oxygen atoms in total. The smallest absolute Gasteiger partial charge is 0.297 e. The number of carboxylic acids is 1. The molecule has 4 aromatic rings. The Balaban J connectivity index is 1.63. The quantitative estimate of drug-likeness (QED) is 0.340. The van der Waals surface area contributed by atoms with E-state index < -0.39 is 28.7 Å². The molecule has 0 saturated heterocycles. The molecule has 1 N–H and O–H groups in total. The SMILES string of the molecule is CCn1cc(C(=O)[O-])c(=O)c2cc(F)c(NN3C(=O)/C(=C\c4ccc(N(C)C)cc4)N=C3c3c(C)cccc3C)cc21. The molecular formula is C32H29FN5O4-. The highest BCUT2D eigenvalue weighted by molar-refractivity contribution is 6.21. The van der Waals surface area contributed by atoms with E-state index >= 15 is 4.39 Å². The molecule has 0 bridgehead atoms. The topological polar surface area (TPSA) is 110 Å². The number of anilines is 2. The van der Waals surface area contributed by atoms with Crippen molar-refractivity contribution in [3.05, 3.63) is 110 Å². The van der Waals surface area contributed by atoms with Gasteiger partial charge in [0.05, 0.1) is 22.7 Å². The number of rotatable bonds is 7. The second-order valence-corrected chi connectivity index (χ2v) is 10.3. The molecule has 0 unspecified atom stereocenters. The zero-order valence-corrected chi connectivity index (χ0v) is 23.9. The molecule has 10 heteroatoms. The van der Waals surface area contributed by atoms with E-state index in [-0.39, 0.29) is 16.8 Å². The molecule has 3 aromatic carbocycles. The van der Waals surface area contributed by atoms with E-state index in [9.17, 15) is 19.5 Å². The van der Waals surface area contributed by atoms with Crippen molar-refractivity contribution < 1.29 is 19.1 Å². The van der Waals surface area contributed by atoms with Crippen LogP contribution in [0.5, 0.6) is 0 Å². The van der Waals surface area contributed by atoms with Gasteiger partial charge in [-0.3, -0.25) is 15.0 Å². The van der Waals surface area contributed by atoms with Crippen molar-refractivity contribution >= 4 is 46.1 Å². The Morgan fingerprint density at radius 2 is 1.74 bits per heavy atom. The monoisotopic (exact) mass is 566 g/mol. The second-order valence-electron chi connectivity index (χ2n) is 10.3. The van der Waals surface area contributed by atoms with Crippen LogP contribution in [0.4, 0.5) is 15.8 Å². The minimum atomic E-state index is -1.64. The van der Waals surface area contributed by atoms with Gasteiger partial charge in [0, 0.05) is 43.5 Å². The fourth-order valence-corrected chi connectivity index (χ4v) is 5.01. The molecule has 0 radical (unpaired) electrons. The number of aliphatic imine (C=N–C) groups is 1. The lowest BCUT2D eigenvalue weighted by molar-refractivity contribution is -0.255. The van der Waals surface area contributed by atoms with Crippen LogP contribution >= 0.6 is 0 Å². The largest absolute Gasteiger partial charge is 0.545 e. The number of pyridine rings is 1. The Kier molecular flexibility index (Phi) is 7.38. The van der Waals surface area contributed by atoms with Gasteiger partial charge in [-0.25, -0.2) is 9.38 Å². The number of carbonyl (C=O) groups excluding carboxylic acids is 2. The summed E-state index contributed by atoms with van der Waals surface area (Å²) in [4.78, 5) is 44.7. The van der Waals surface area contributed by atoms with Crippen LogP contribution in [-0.2, 0) is 11.3 Å². The predicted molar refractivity (Wildman–Crippen MR) is 160 cm³/mol. The minimum absolute atomic E-state index is 0.0887. The number of amides is 1. The van der Waals surface area contributed by atoms with Crippen LogP contribution in [-0.4, -0.2) is 41.4 Å². The van der Waals surface area contributed by atoms with Gasteiger partial charge in [-0.2, -0.15) is 5.01 Å². The van der Waals surface area contributed by atoms with Gasteiger partial charge in [-0.15, -0.1) is 0 Å². The first-order valence-electron chi connectivity index (χ1n) is 13.3. The third-order valence-corrected chi connectivity index (χ3v) is 7.24. The number of aromatic nitrogens is 1. The first-order valence-corrected chi connectivity index (χ1v) is 13.3. The lowest BCUT2D eigenvalue weighted by Gasteiger charge is -2.23. The Hall–Kier alpha value is -5.25. The number of aromatic carboxylic acids is 1. The van der Waals surface area contributed by atoms with Crippen LogP contribution in [0.3, 0.4) is 0 Å². The molecule has 42 heavy (non-hydrogen) atoms.